The minimum Gasteiger partial charge on any atom is -0.490 e. The molecule has 2 aliphatic rings. The second-order valence-electron chi connectivity index (χ2n) is 7.22. The lowest BCUT2D eigenvalue weighted by atomic mass is 9.72. The van der Waals surface area contributed by atoms with Crippen molar-refractivity contribution in [1.82, 2.24) is 0 Å². The van der Waals surface area contributed by atoms with Gasteiger partial charge in [-0.05, 0) is 55.7 Å². The van der Waals surface area contributed by atoms with Crippen molar-refractivity contribution in [2.45, 2.75) is 35.0 Å². The van der Waals surface area contributed by atoms with Gasteiger partial charge in [0.1, 0.15) is 10.6 Å². The third-order valence-electron chi connectivity index (χ3n) is 5.89. The van der Waals surface area contributed by atoms with Crippen molar-refractivity contribution in [1.29, 1.82) is 0 Å². The van der Waals surface area contributed by atoms with E-state index in [0.717, 1.165) is 12.1 Å². The number of ether oxygens (including phenoxy) is 2. The molecular weight excluding hydrogens is 410 g/mol. The van der Waals surface area contributed by atoms with Gasteiger partial charge in [-0.25, -0.2) is 17.2 Å². The second kappa shape index (κ2) is 6.97. The van der Waals surface area contributed by atoms with E-state index in [1.807, 2.05) is 0 Å². The summed E-state index contributed by atoms with van der Waals surface area (Å²) in [6, 6.07) is 7.67. The maximum absolute atomic E-state index is 15.0. The van der Waals surface area contributed by atoms with Crippen LogP contribution in [0, 0.1) is 17.6 Å². The number of benzene rings is 2. The van der Waals surface area contributed by atoms with Crippen LogP contribution in [0.4, 0.5) is 8.78 Å². The Hall–Kier alpha value is -1.70. The summed E-state index contributed by atoms with van der Waals surface area (Å²) < 4.78 is 66.4. The van der Waals surface area contributed by atoms with Crippen molar-refractivity contribution in [3.05, 3.63) is 58.6 Å². The normalized spacial score (nSPS) is 26.9. The van der Waals surface area contributed by atoms with Crippen LogP contribution in [-0.4, -0.2) is 28.2 Å². The third kappa shape index (κ3) is 2.75. The molecule has 28 heavy (non-hydrogen) atoms. The van der Waals surface area contributed by atoms with Crippen molar-refractivity contribution in [2.24, 2.45) is 5.92 Å². The Labute approximate surface area is 167 Å². The van der Waals surface area contributed by atoms with Gasteiger partial charge in [0.05, 0.1) is 23.2 Å². The summed E-state index contributed by atoms with van der Waals surface area (Å²) >= 11 is 5.91. The van der Waals surface area contributed by atoms with Crippen LogP contribution < -0.4 is 4.74 Å². The highest BCUT2D eigenvalue weighted by Crippen LogP contribution is 2.56. The van der Waals surface area contributed by atoms with E-state index in [1.54, 1.807) is 7.11 Å². The van der Waals surface area contributed by atoms with Gasteiger partial charge in [0.15, 0.2) is 21.4 Å². The summed E-state index contributed by atoms with van der Waals surface area (Å²) in [6.45, 7) is -0.0277. The summed E-state index contributed by atoms with van der Waals surface area (Å²) in [5, 5.41) is 0.390. The molecule has 0 N–H and O–H groups in total. The molecule has 4 nitrogen and oxygen atoms in total. The van der Waals surface area contributed by atoms with Crippen molar-refractivity contribution >= 4 is 21.4 Å². The average Bonchev–Trinajstić information content (AvgIpc) is 2.69. The molecule has 3 atom stereocenters. The lowest BCUT2D eigenvalue weighted by molar-refractivity contribution is 0.0106. The molecule has 2 aromatic carbocycles. The number of sulfone groups is 1. The minimum absolute atomic E-state index is 0.0225. The molecule has 0 spiro atoms. The molecule has 8 heteroatoms. The molecule has 150 valence electrons. The van der Waals surface area contributed by atoms with Gasteiger partial charge in [-0.3, -0.25) is 0 Å². The predicted molar refractivity (Wildman–Crippen MR) is 100 cm³/mol. The van der Waals surface area contributed by atoms with Gasteiger partial charge in [0.25, 0.3) is 0 Å². The molecule has 4 rings (SSSR count). The van der Waals surface area contributed by atoms with Crippen molar-refractivity contribution in [3.8, 4) is 5.75 Å². The molecular formula is C20H19ClF2O4S. The summed E-state index contributed by atoms with van der Waals surface area (Å²) in [6.07, 6.45) is 0.728. The quantitative estimate of drug-likeness (QED) is 0.722. The van der Waals surface area contributed by atoms with Gasteiger partial charge in [-0.15, -0.1) is 0 Å². The molecule has 1 aliphatic heterocycles. The van der Waals surface area contributed by atoms with Crippen LogP contribution in [0.15, 0.2) is 41.3 Å². The molecule has 0 radical (unpaired) electrons. The van der Waals surface area contributed by atoms with Gasteiger partial charge in [0, 0.05) is 18.1 Å². The first kappa shape index (κ1) is 19.6. The van der Waals surface area contributed by atoms with Crippen molar-refractivity contribution in [2.75, 3.05) is 13.7 Å². The topological polar surface area (TPSA) is 52.6 Å². The molecule has 1 unspecified atom stereocenters. The zero-order valence-electron chi connectivity index (χ0n) is 15.1. The summed E-state index contributed by atoms with van der Waals surface area (Å²) in [5.41, 5.74) is -0.215. The third-order valence-corrected chi connectivity index (χ3v) is 8.74. The van der Waals surface area contributed by atoms with Crippen molar-refractivity contribution in [3.63, 3.8) is 0 Å². The fourth-order valence-corrected chi connectivity index (χ4v) is 7.01. The molecule has 2 aromatic rings. The van der Waals surface area contributed by atoms with Crippen LogP contribution in [0.2, 0.25) is 5.02 Å². The van der Waals surface area contributed by atoms with E-state index in [2.05, 4.69) is 0 Å². The van der Waals surface area contributed by atoms with E-state index in [1.165, 1.54) is 24.3 Å². The van der Waals surface area contributed by atoms with Gasteiger partial charge >= 0.3 is 0 Å². The number of fused-ring (bicyclic) bond motifs is 3. The summed E-state index contributed by atoms with van der Waals surface area (Å²) in [5.74, 6) is -2.44. The standard InChI is InChI=1S/C20H19ClF2O4S/c1-26-14-8-9-20(28(24,25)15-4-2-13(21)3-5-15)12(10-14)11-27-19-17(23)7-6-16(22)18(19)20/h2-7,12,14H,8-11H2,1H3/t12-,14-,20?/m1/s1. The molecule has 0 aromatic heterocycles. The molecule has 1 saturated carbocycles. The molecule has 0 amide bonds. The number of halogens is 3. The van der Waals surface area contributed by atoms with Crippen LogP contribution in [0.3, 0.4) is 0 Å². The molecule has 0 bridgehead atoms. The van der Waals surface area contributed by atoms with Crippen LogP contribution in [-0.2, 0) is 19.3 Å². The Morgan fingerprint density at radius 2 is 1.82 bits per heavy atom. The maximum Gasteiger partial charge on any atom is 0.188 e. The fraction of sp³-hybridized carbons (Fsp3) is 0.400. The van der Waals surface area contributed by atoms with Crippen LogP contribution in [0.25, 0.3) is 0 Å². The smallest absolute Gasteiger partial charge is 0.188 e. The lowest BCUT2D eigenvalue weighted by Gasteiger charge is -2.48. The average molecular weight is 429 g/mol. The highest BCUT2D eigenvalue weighted by molar-refractivity contribution is 7.92. The van der Waals surface area contributed by atoms with Gasteiger partial charge in [-0.2, -0.15) is 0 Å². The predicted octanol–water partition coefficient (Wildman–Crippen LogP) is 4.49. The first-order valence-electron chi connectivity index (χ1n) is 8.95. The zero-order chi connectivity index (χ0) is 20.1. The van der Waals surface area contributed by atoms with Gasteiger partial charge in [0.2, 0.25) is 0 Å². The fourth-order valence-electron chi connectivity index (χ4n) is 4.52. The molecule has 0 saturated heterocycles. The maximum atomic E-state index is 15.0. The van der Waals surface area contributed by atoms with Crippen LogP contribution in [0.5, 0.6) is 5.75 Å². The Bertz CT molecular complexity index is 1010. The number of hydrogen-bond acceptors (Lipinski definition) is 4. The van der Waals surface area contributed by atoms with E-state index >= 15 is 0 Å². The number of hydrogen-bond donors (Lipinski definition) is 0. The number of rotatable bonds is 3. The monoisotopic (exact) mass is 428 g/mol. The van der Waals surface area contributed by atoms with E-state index < -0.39 is 32.1 Å². The summed E-state index contributed by atoms with van der Waals surface area (Å²) in [4.78, 5) is 0.0225. The van der Waals surface area contributed by atoms with E-state index in [4.69, 9.17) is 21.1 Å². The SMILES string of the molecule is CO[C@@H]1CCC2(S(=O)(=O)c3ccc(Cl)cc3)c3c(F)ccc(F)c3OC[C@H]2C1. The Morgan fingerprint density at radius 1 is 1.14 bits per heavy atom. The van der Waals surface area contributed by atoms with Crippen molar-refractivity contribution < 1.29 is 26.7 Å². The summed E-state index contributed by atoms with van der Waals surface area (Å²) in [7, 11) is -2.53. The molecule has 1 heterocycles. The van der Waals surface area contributed by atoms with E-state index in [0.29, 0.717) is 17.9 Å². The number of methoxy groups -OCH3 is 1. The Balaban J connectivity index is 1.99. The molecule has 1 aliphatic carbocycles. The minimum atomic E-state index is -4.09. The van der Waals surface area contributed by atoms with Crippen LogP contribution in [0.1, 0.15) is 24.8 Å². The van der Waals surface area contributed by atoms with Gasteiger partial charge < -0.3 is 9.47 Å². The Morgan fingerprint density at radius 3 is 2.50 bits per heavy atom. The Kier molecular flexibility index (Phi) is 4.88. The van der Waals surface area contributed by atoms with E-state index in [9.17, 15) is 17.2 Å². The largest absolute Gasteiger partial charge is 0.490 e. The highest BCUT2D eigenvalue weighted by atomic mass is 35.5. The van der Waals surface area contributed by atoms with Crippen LogP contribution >= 0.6 is 11.6 Å². The first-order chi connectivity index (χ1) is 13.3. The molecule has 1 fully saturated rings. The first-order valence-corrected chi connectivity index (χ1v) is 10.8. The lowest BCUT2D eigenvalue weighted by Crippen LogP contribution is -2.53. The zero-order valence-corrected chi connectivity index (χ0v) is 16.7. The highest BCUT2D eigenvalue weighted by Gasteiger charge is 2.59. The second-order valence-corrected chi connectivity index (χ2v) is 9.86. The van der Waals surface area contributed by atoms with E-state index in [-0.39, 0.29) is 35.3 Å². The van der Waals surface area contributed by atoms with Gasteiger partial charge in [-0.1, -0.05) is 11.6 Å².